The van der Waals surface area contributed by atoms with Gasteiger partial charge in [0.05, 0.1) is 6.54 Å². The van der Waals surface area contributed by atoms with Crippen LogP contribution in [0.15, 0.2) is 30.3 Å². The molecule has 0 saturated carbocycles. The van der Waals surface area contributed by atoms with Crippen LogP contribution in [0.4, 0.5) is 5.82 Å². The van der Waals surface area contributed by atoms with Crippen molar-refractivity contribution in [3.63, 3.8) is 0 Å². The minimum absolute atomic E-state index is 0.0532. The van der Waals surface area contributed by atoms with Crippen LogP contribution < -0.4 is 16.5 Å². The second-order valence-electron chi connectivity index (χ2n) is 7.02. The fraction of sp³-hybridized carbons (Fsp3) is 0.353. The lowest BCUT2D eigenvalue weighted by Gasteiger charge is -2.17. The molecule has 2 heterocycles. The molecule has 7 nitrogen and oxygen atoms in total. The normalized spacial score (nSPS) is 11.8. The summed E-state index contributed by atoms with van der Waals surface area (Å²) in [5.74, 6) is 6.41. The van der Waals surface area contributed by atoms with E-state index in [9.17, 15) is 0 Å². The van der Waals surface area contributed by atoms with E-state index in [2.05, 4.69) is 35.7 Å². The molecule has 0 aliphatic carbocycles. The molecule has 0 fully saturated rings. The molecule has 0 aliphatic rings. The predicted molar refractivity (Wildman–Crippen MR) is 93.3 cm³/mol. The predicted octanol–water partition coefficient (Wildman–Crippen LogP) is 2.30. The van der Waals surface area contributed by atoms with Crippen LogP contribution in [0.1, 0.15) is 32.2 Å². The molecule has 0 atom stereocenters. The van der Waals surface area contributed by atoms with Gasteiger partial charge < -0.3 is 10.6 Å². The Labute approximate surface area is 140 Å². The van der Waals surface area contributed by atoms with Gasteiger partial charge in [0.15, 0.2) is 17.0 Å². The van der Waals surface area contributed by atoms with E-state index in [1.165, 1.54) is 0 Å². The summed E-state index contributed by atoms with van der Waals surface area (Å²) in [5, 5.41) is 0. The van der Waals surface area contributed by atoms with Crippen LogP contribution in [0, 0.1) is 5.41 Å². The third kappa shape index (κ3) is 3.30. The van der Waals surface area contributed by atoms with Gasteiger partial charge in [-0.25, -0.2) is 9.97 Å². The van der Waals surface area contributed by atoms with E-state index < -0.39 is 0 Å². The minimum Gasteiger partial charge on any atom is -0.382 e. The van der Waals surface area contributed by atoms with Crippen molar-refractivity contribution in [2.75, 3.05) is 5.73 Å². The van der Waals surface area contributed by atoms with Gasteiger partial charge in [-0.15, -0.1) is 0 Å². The second kappa shape index (κ2) is 6.09. The minimum atomic E-state index is 0.0532. The van der Waals surface area contributed by atoms with Crippen molar-refractivity contribution < 1.29 is 4.84 Å². The summed E-state index contributed by atoms with van der Waals surface area (Å²) in [6.45, 7) is 6.93. The Hall–Kier alpha value is -2.67. The smallest absolute Gasteiger partial charge is 0.318 e. The van der Waals surface area contributed by atoms with Gasteiger partial charge in [-0.05, 0) is 11.0 Å². The number of benzene rings is 1. The Bertz CT molecular complexity index is 851. The third-order valence-electron chi connectivity index (χ3n) is 3.61. The topological polar surface area (TPSA) is 105 Å². The van der Waals surface area contributed by atoms with Gasteiger partial charge in [0.1, 0.15) is 5.82 Å². The molecule has 2 aromatic heterocycles. The first-order valence-electron chi connectivity index (χ1n) is 7.80. The highest BCUT2D eigenvalue weighted by Gasteiger charge is 2.20. The average molecular weight is 326 g/mol. The maximum absolute atomic E-state index is 6.08. The molecule has 0 bridgehead atoms. The largest absolute Gasteiger partial charge is 0.382 e. The van der Waals surface area contributed by atoms with Gasteiger partial charge in [0, 0.05) is 6.42 Å². The Balaban J connectivity index is 2.12. The summed E-state index contributed by atoms with van der Waals surface area (Å²) in [7, 11) is 0. The molecule has 3 rings (SSSR count). The van der Waals surface area contributed by atoms with Gasteiger partial charge in [0.2, 0.25) is 0 Å². The molecule has 0 amide bonds. The standard InChI is InChI=1S/C17H22N6O/c1-17(2,3)9-12-20-14(18)13-15(21-12)23(16(22-13)24-19)10-11-7-5-4-6-8-11/h4-8H,9-10,19H2,1-3H3,(H2,18,20,21). The second-order valence-corrected chi connectivity index (χ2v) is 7.02. The lowest BCUT2D eigenvalue weighted by molar-refractivity contribution is 0.294. The van der Waals surface area contributed by atoms with Crippen molar-refractivity contribution >= 4 is 17.0 Å². The van der Waals surface area contributed by atoms with Crippen molar-refractivity contribution in [2.24, 2.45) is 11.3 Å². The summed E-state index contributed by atoms with van der Waals surface area (Å²) < 4.78 is 1.81. The number of nitrogen functional groups attached to an aromatic ring is 1. The van der Waals surface area contributed by atoms with Crippen molar-refractivity contribution in [1.82, 2.24) is 19.5 Å². The van der Waals surface area contributed by atoms with Gasteiger partial charge in [0.25, 0.3) is 0 Å². The van der Waals surface area contributed by atoms with Crippen molar-refractivity contribution in [3.05, 3.63) is 41.7 Å². The Morgan fingerprint density at radius 3 is 2.42 bits per heavy atom. The summed E-state index contributed by atoms with van der Waals surface area (Å²) in [6, 6.07) is 10.2. The first-order valence-corrected chi connectivity index (χ1v) is 7.80. The number of nitrogens with two attached hydrogens (primary N) is 2. The van der Waals surface area contributed by atoms with E-state index in [1.54, 1.807) is 0 Å². The van der Waals surface area contributed by atoms with Crippen molar-refractivity contribution in [3.8, 4) is 6.01 Å². The fourth-order valence-electron chi connectivity index (χ4n) is 2.60. The van der Waals surface area contributed by atoms with Crippen molar-refractivity contribution in [1.29, 1.82) is 0 Å². The van der Waals surface area contributed by atoms with Gasteiger partial charge >= 0.3 is 6.01 Å². The lowest BCUT2D eigenvalue weighted by Crippen LogP contribution is -2.14. The number of nitrogens with zero attached hydrogens (tertiary/aromatic N) is 4. The maximum Gasteiger partial charge on any atom is 0.318 e. The van der Waals surface area contributed by atoms with Crippen LogP contribution in [-0.4, -0.2) is 19.5 Å². The quantitative estimate of drug-likeness (QED) is 0.713. The number of hydrogen-bond donors (Lipinski definition) is 2. The first kappa shape index (κ1) is 16.2. The number of imidazole rings is 1. The summed E-state index contributed by atoms with van der Waals surface area (Å²) in [5.41, 5.74) is 8.36. The summed E-state index contributed by atoms with van der Waals surface area (Å²) in [6.07, 6.45) is 0.711. The van der Waals surface area contributed by atoms with E-state index in [4.69, 9.17) is 16.5 Å². The number of hydrogen-bond acceptors (Lipinski definition) is 6. The lowest BCUT2D eigenvalue weighted by atomic mass is 9.92. The Morgan fingerprint density at radius 2 is 1.79 bits per heavy atom. The summed E-state index contributed by atoms with van der Waals surface area (Å²) >= 11 is 0. The zero-order valence-corrected chi connectivity index (χ0v) is 14.2. The summed E-state index contributed by atoms with van der Waals surface area (Å²) in [4.78, 5) is 18.3. The molecule has 4 N–H and O–H groups in total. The van der Waals surface area contributed by atoms with E-state index in [-0.39, 0.29) is 11.4 Å². The molecule has 7 heteroatoms. The Kier molecular flexibility index (Phi) is 4.11. The van der Waals surface area contributed by atoms with Crippen LogP contribution >= 0.6 is 0 Å². The first-order chi connectivity index (χ1) is 11.4. The van der Waals surface area contributed by atoms with E-state index in [1.807, 2.05) is 34.9 Å². The molecule has 0 aliphatic heterocycles. The van der Waals surface area contributed by atoms with Gasteiger partial charge in [-0.3, -0.25) is 4.57 Å². The highest BCUT2D eigenvalue weighted by molar-refractivity contribution is 5.82. The average Bonchev–Trinajstić information content (AvgIpc) is 2.85. The van der Waals surface area contributed by atoms with Crippen LogP contribution in [0.5, 0.6) is 6.01 Å². The molecule has 126 valence electrons. The molecule has 24 heavy (non-hydrogen) atoms. The number of fused-ring (bicyclic) bond motifs is 1. The highest BCUT2D eigenvalue weighted by Crippen LogP contribution is 2.26. The third-order valence-corrected chi connectivity index (χ3v) is 3.61. The zero-order valence-electron chi connectivity index (χ0n) is 14.2. The number of aromatic nitrogens is 4. The van der Waals surface area contributed by atoms with Crippen LogP contribution in [0.25, 0.3) is 11.2 Å². The molecule has 1 aromatic carbocycles. The van der Waals surface area contributed by atoms with E-state index >= 15 is 0 Å². The molecule has 0 spiro atoms. The SMILES string of the molecule is CC(C)(C)Cc1nc(N)c2nc(ON)n(Cc3ccccc3)c2n1. The molecular formula is C17H22N6O. The molecule has 0 radical (unpaired) electrons. The van der Waals surface area contributed by atoms with Gasteiger partial charge in [-0.1, -0.05) is 51.1 Å². The van der Waals surface area contributed by atoms with E-state index in [0.717, 1.165) is 5.56 Å². The van der Waals surface area contributed by atoms with Gasteiger partial charge in [-0.2, -0.15) is 10.9 Å². The number of rotatable bonds is 4. The molecule has 0 unspecified atom stereocenters. The van der Waals surface area contributed by atoms with E-state index in [0.29, 0.717) is 35.8 Å². The van der Waals surface area contributed by atoms with Crippen LogP contribution in [0.3, 0.4) is 0 Å². The maximum atomic E-state index is 6.08. The molecule has 0 saturated heterocycles. The molecular weight excluding hydrogens is 304 g/mol. The Morgan fingerprint density at radius 1 is 1.08 bits per heavy atom. The van der Waals surface area contributed by atoms with Crippen molar-refractivity contribution in [2.45, 2.75) is 33.7 Å². The van der Waals surface area contributed by atoms with Crippen LogP contribution in [0.2, 0.25) is 0 Å². The highest BCUT2D eigenvalue weighted by atomic mass is 16.6. The zero-order chi connectivity index (χ0) is 17.3. The fourth-order valence-corrected chi connectivity index (χ4v) is 2.60. The molecule has 3 aromatic rings. The monoisotopic (exact) mass is 326 g/mol. The number of anilines is 1. The van der Waals surface area contributed by atoms with Crippen LogP contribution in [-0.2, 0) is 13.0 Å².